The number of likely N-dealkylation sites (tertiary alicyclic amines) is 1. The quantitative estimate of drug-likeness (QED) is 0.817. The van der Waals surface area contributed by atoms with E-state index in [1.54, 1.807) is 6.07 Å². The van der Waals surface area contributed by atoms with Crippen LogP contribution in [0.2, 0.25) is 0 Å². The number of halogens is 2. The molecule has 2 fully saturated rings. The van der Waals surface area contributed by atoms with E-state index in [-0.39, 0.29) is 5.91 Å². The molecule has 6 heteroatoms. The number of carbonyl (C=O) groups excluding carboxylic acids is 1. The van der Waals surface area contributed by atoms with E-state index in [1.807, 2.05) is 4.90 Å². The van der Waals surface area contributed by atoms with Gasteiger partial charge in [-0.25, -0.2) is 8.78 Å². The summed E-state index contributed by atoms with van der Waals surface area (Å²) in [5, 5.41) is 0. The Kier molecular flexibility index (Phi) is 6.37. The maximum Gasteiger partial charge on any atom is 0.222 e. The first-order valence-corrected chi connectivity index (χ1v) is 9.13. The van der Waals surface area contributed by atoms with Crippen molar-refractivity contribution in [1.82, 2.24) is 9.80 Å². The largest absolute Gasteiger partial charge is 0.378 e. The van der Waals surface area contributed by atoms with Gasteiger partial charge in [0.15, 0.2) is 11.6 Å². The fourth-order valence-electron chi connectivity index (χ4n) is 3.63. The van der Waals surface area contributed by atoms with Crippen molar-refractivity contribution in [3.63, 3.8) is 0 Å². The predicted molar refractivity (Wildman–Crippen MR) is 91.0 cm³/mol. The summed E-state index contributed by atoms with van der Waals surface area (Å²) in [7, 11) is 0. The van der Waals surface area contributed by atoms with Crippen molar-refractivity contribution in [3.8, 4) is 0 Å². The first-order valence-electron chi connectivity index (χ1n) is 9.13. The van der Waals surface area contributed by atoms with E-state index in [2.05, 4.69) is 4.90 Å². The Bertz CT molecular complexity index is 583. The molecule has 2 heterocycles. The Hall–Kier alpha value is -1.53. The summed E-state index contributed by atoms with van der Waals surface area (Å²) in [5.41, 5.74) is 0.805. The Balaban J connectivity index is 1.38. The van der Waals surface area contributed by atoms with E-state index in [0.717, 1.165) is 37.9 Å². The molecule has 2 saturated heterocycles. The van der Waals surface area contributed by atoms with Gasteiger partial charge in [0, 0.05) is 26.1 Å². The van der Waals surface area contributed by atoms with Gasteiger partial charge in [-0.15, -0.1) is 0 Å². The molecule has 1 aromatic rings. The normalized spacial score (nSPS) is 20.0. The number of hydrogen-bond donors (Lipinski definition) is 0. The zero-order valence-corrected chi connectivity index (χ0v) is 14.6. The number of hydrogen-bond acceptors (Lipinski definition) is 3. The minimum atomic E-state index is -0.799. The van der Waals surface area contributed by atoms with Crippen LogP contribution in [0.3, 0.4) is 0 Å². The van der Waals surface area contributed by atoms with Gasteiger partial charge in [-0.05, 0) is 56.0 Å². The Labute approximate surface area is 147 Å². The fraction of sp³-hybridized carbons (Fsp3) is 0.632. The molecule has 0 aromatic heterocycles. The second-order valence-corrected chi connectivity index (χ2v) is 7.00. The number of amides is 1. The van der Waals surface area contributed by atoms with Crippen molar-refractivity contribution in [3.05, 3.63) is 35.4 Å². The molecule has 0 bridgehead atoms. The molecule has 2 aliphatic rings. The maximum atomic E-state index is 13.3. The predicted octanol–water partition coefficient (Wildman–Crippen LogP) is 2.82. The second-order valence-electron chi connectivity index (χ2n) is 7.00. The highest BCUT2D eigenvalue weighted by Gasteiger charge is 2.22. The molecule has 3 rings (SSSR count). The highest BCUT2D eigenvalue weighted by molar-refractivity contribution is 5.76. The molecule has 1 amide bonds. The summed E-state index contributed by atoms with van der Waals surface area (Å²) in [6, 6.07) is 4.11. The highest BCUT2D eigenvalue weighted by atomic mass is 19.2. The Morgan fingerprint density at radius 2 is 1.80 bits per heavy atom. The molecule has 0 saturated carbocycles. The number of piperidine rings is 1. The molecule has 0 unspecified atom stereocenters. The Morgan fingerprint density at radius 3 is 2.48 bits per heavy atom. The molecule has 1 aromatic carbocycles. The van der Waals surface area contributed by atoms with Crippen LogP contribution in [0.15, 0.2) is 18.2 Å². The monoisotopic (exact) mass is 352 g/mol. The summed E-state index contributed by atoms with van der Waals surface area (Å²) in [6.45, 7) is 5.25. The number of nitrogens with zero attached hydrogens (tertiary/aromatic N) is 2. The number of rotatable bonds is 5. The highest BCUT2D eigenvalue weighted by Crippen LogP contribution is 2.24. The third-order valence-corrected chi connectivity index (χ3v) is 5.23. The minimum Gasteiger partial charge on any atom is -0.378 e. The minimum absolute atomic E-state index is 0.243. The SMILES string of the molecule is O=C(CCC1CCN(Cc2ccc(F)c(F)c2)CC1)N1CCOCC1. The molecule has 4 nitrogen and oxygen atoms in total. The zero-order chi connectivity index (χ0) is 17.6. The third kappa shape index (κ3) is 5.22. The van der Waals surface area contributed by atoms with Crippen molar-refractivity contribution in [2.24, 2.45) is 5.92 Å². The standard InChI is InChI=1S/C19H26F2N2O2/c20-17-3-1-16(13-18(17)21)14-22-7-5-15(6-8-22)2-4-19(24)23-9-11-25-12-10-23/h1,3,13,15H,2,4-12,14H2. The maximum absolute atomic E-state index is 13.3. The van der Waals surface area contributed by atoms with Gasteiger partial charge in [-0.1, -0.05) is 6.07 Å². The summed E-state index contributed by atoms with van der Waals surface area (Å²) >= 11 is 0. The van der Waals surface area contributed by atoms with E-state index in [9.17, 15) is 13.6 Å². The first-order chi connectivity index (χ1) is 12.1. The van der Waals surface area contributed by atoms with Crippen molar-refractivity contribution in [1.29, 1.82) is 0 Å². The summed E-state index contributed by atoms with van der Waals surface area (Å²) < 4.78 is 31.5. The van der Waals surface area contributed by atoms with Gasteiger partial charge in [0.2, 0.25) is 5.91 Å². The van der Waals surface area contributed by atoms with E-state index >= 15 is 0 Å². The summed E-state index contributed by atoms with van der Waals surface area (Å²) in [4.78, 5) is 16.4. The van der Waals surface area contributed by atoms with E-state index < -0.39 is 11.6 Å². The molecule has 0 atom stereocenters. The third-order valence-electron chi connectivity index (χ3n) is 5.23. The van der Waals surface area contributed by atoms with Crippen LogP contribution < -0.4 is 0 Å². The van der Waals surface area contributed by atoms with Crippen LogP contribution >= 0.6 is 0 Å². The molecule has 138 valence electrons. The number of carbonyl (C=O) groups is 1. The molecule has 25 heavy (non-hydrogen) atoms. The lowest BCUT2D eigenvalue weighted by molar-refractivity contribution is -0.135. The average Bonchev–Trinajstić information content (AvgIpc) is 2.64. The van der Waals surface area contributed by atoms with Crippen LogP contribution in [0.1, 0.15) is 31.2 Å². The van der Waals surface area contributed by atoms with Crippen molar-refractivity contribution >= 4 is 5.91 Å². The van der Waals surface area contributed by atoms with Crippen LogP contribution in [0.4, 0.5) is 8.78 Å². The van der Waals surface area contributed by atoms with Gasteiger partial charge < -0.3 is 9.64 Å². The molecule has 2 aliphatic heterocycles. The van der Waals surface area contributed by atoms with Gasteiger partial charge in [0.1, 0.15) is 0 Å². The molecule has 0 aliphatic carbocycles. The van der Waals surface area contributed by atoms with Crippen LogP contribution in [-0.2, 0) is 16.1 Å². The van der Waals surface area contributed by atoms with Crippen LogP contribution in [-0.4, -0.2) is 55.1 Å². The molecule has 0 radical (unpaired) electrons. The van der Waals surface area contributed by atoms with Crippen molar-refractivity contribution < 1.29 is 18.3 Å². The van der Waals surface area contributed by atoms with E-state index in [0.29, 0.717) is 45.2 Å². The van der Waals surface area contributed by atoms with Crippen LogP contribution in [0.5, 0.6) is 0 Å². The topological polar surface area (TPSA) is 32.8 Å². The number of benzene rings is 1. The Morgan fingerprint density at radius 1 is 1.08 bits per heavy atom. The van der Waals surface area contributed by atoms with E-state index in [4.69, 9.17) is 4.74 Å². The van der Waals surface area contributed by atoms with E-state index in [1.165, 1.54) is 12.1 Å². The van der Waals surface area contributed by atoms with Gasteiger partial charge in [-0.2, -0.15) is 0 Å². The summed E-state index contributed by atoms with van der Waals surface area (Å²) in [6.07, 6.45) is 3.67. The van der Waals surface area contributed by atoms with Gasteiger partial charge in [0.05, 0.1) is 13.2 Å². The zero-order valence-electron chi connectivity index (χ0n) is 14.6. The van der Waals surface area contributed by atoms with Gasteiger partial charge in [-0.3, -0.25) is 9.69 Å². The summed E-state index contributed by atoms with van der Waals surface area (Å²) in [5.74, 6) is -0.764. The first kappa shape index (κ1) is 18.3. The van der Waals surface area contributed by atoms with Gasteiger partial charge >= 0.3 is 0 Å². The molecular formula is C19H26F2N2O2. The van der Waals surface area contributed by atoms with Crippen LogP contribution in [0, 0.1) is 17.6 Å². The lowest BCUT2D eigenvalue weighted by Gasteiger charge is -2.32. The fourth-order valence-corrected chi connectivity index (χ4v) is 3.63. The van der Waals surface area contributed by atoms with Crippen LogP contribution in [0.25, 0.3) is 0 Å². The molecule has 0 N–H and O–H groups in total. The average molecular weight is 352 g/mol. The molecular weight excluding hydrogens is 326 g/mol. The lowest BCUT2D eigenvalue weighted by Crippen LogP contribution is -2.41. The van der Waals surface area contributed by atoms with Gasteiger partial charge in [0.25, 0.3) is 0 Å². The second kappa shape index (κ2) is 8.72. The lowest BCUT2D eigenvalue weighted by atomic mass is 9.91. The molecule has 0 spiro atoms. The van der Waals surface area contributed by atoms with Crippen molar-refractivity contribution in [2.45, 2.75) is 32.2 Å². The number of ether oxygens (including phenoxy) is 1. The van der Waals surface area contributed by atoms with Crippen molar-refractivity contribution in [2.75, 3.05) is 39.4 Å². The smallest absolute Gasteiger partial charge is 0.222 e. The number of morpholine rings is 1.